The Bertz CT molecular complexity index is 1440. The smallest absolute Gasteiger partial charge is 0.293 e. The van der Waals surface area contributed by atoms with E-state index in [0.717, 1.165) is 33.4 Å². The molecule has 1 fully saturated rings. The third-order valence-electron chi connectivity index (χ3n) is 6.75. The Morgan fingerprint density at radius 1 is 0.974 bits per heavy atom. The van der Waals surface area contributed by atoms with Crippen molar-refractivity contribution in [3.05, 3.63) is 106 Å². The second kappa shape index (κ2) is 11.6. The Morgan fingerprint density at radius 3 is 2.38 bits per heavy atom. The molecule has 2 aliphatic heterocycles. The molecule has 39 heavy (non-hydrogen) atoms. The second-order valence-electron chi connectivity index (χ2n) is 9.19. The molecular formula is C30H27N3O5S. The quantitative estimate of drug-likeness (QED) is 0.452. The number of nitrogens with zero attached hydrogens (tertiary/aromatic N) is 2. The summed E-state index contributed by atoms with van der Waals surface area (Å²) in [5, 5.41) is 2.46. The van der Waals surface area contributed by atoms with Gasteiger partial charge in [-0.05, 0) is 58.8 Å². The van der Waals surface area contributed by atoms with Gasteiger partial charge in [-0.3, -0.25) is 24.1 Å². The van der Waals surface area contributed by atoms with E-state index in [0.29, 0.717) is 29.2 Å². The van der Waals surface area contributed by atoms with Crippen LogP contribution in [-0.4, -0.2) is 59.0 Å². The molecule has 1 saturated heterocycles. The van der Waals surface area contributed by atoms with Crippen molar-refractivity contribution in [2.45, 2.75) is 19.0 Å². The molecule has 3 aromatic carbocycles. The standard InChI is InChI=1S/C30H27N3O5S/c1-38-24-13-11-20(12-14-24)17-26-29(36)32(30(37)39-26)16-15-31-27(34)25-18-22-9-5-6-10-23(22)19-33(25)28(35)21-7-3-2-4-8-21/h2-14,17,25H,15-16,18-19H2,1H3,(H,31,34). The van der Waals surface area contributed by atoms with Gasteiger partial charge in [0, 0.05) is 31.6 Å². The predicted octanol–water partition coefficient (Wildman–Crippen LogP) is 4.12. The van der Waals surface area contributed by atoms with Crippen LogP contribution in [0.15, 0.2) is 83.8 Å². The van der Waals surface area contributed by atoms with Crippen molar-refractivity contribution in [1.82, 2.24) is 15.1 Å². The van der Waals surface area contributed by atoms with Crippen LogP contribution in [0.1, 0.15) is 27.0 Å². The highest BCUT2D eigenvalue weighted by Crippen LogP contribution is 2.32. The molecule has 1 unspecified atom stereocenters. The van der Waals surface area contributed by atoms with Crippen LogP contribution in [0.2, 0.25) is 0 Å². The average Bonchev–Trinajstić information content (AvgIpc) is 3.24. The summed E-state index contributed by atoms with van der Waals surface area (Å²) in [4.78, 5) is 55.1. The molecule has 4 amide bonds. The van der Waals surface area contributed by atoms with Gasteiger partial charge in [0.25, 0.3) is 17.1 Å². The van der Waals surface area contributed by atoms with Crippen LogP contribution >= 0.6 is 11.8 Å². The number of benzene rings is 3. The molecule has 2 heterocycles. The monoisotopic (exact) mass is 541 g/mol. The van der Waals surface area contributed by atoms with Crippen LogP contribution in [0.4, 0.5) is 4.79 Å². The van der Waals surface area contributed by atoms with Crippen LogP contribution in [0.3, 0.4) is 0 Å². The number of nitrogens with one attached hydrogen (secondary N) is 1. The molecular weight excluding hydrogens is 514 g/mol. The van der Waals surface area contributed by atoms with Crippen molar-refractivity contribution in [3.63, 3.8) is 0 Å². The fraction of sp³-hybridized carbons (Fsp3) is 0.200. The first-order chi connectivity index (χ1) is 18.9. The zero-order chi connectivity index (χ0) is 27.4. The van der Waals surface area contributed by atoms with Gasteiger partial charge < -0.3 is 15.0 Å². The number of thioether (sulfide) groups is 1. The minimum Gasteiger partial charge on any atom is -0.497 e. The van der Waals surface area contributed by atoms with Gasteiger partial charge in [-0.1, -0.05) is 54.6 Å². The summed E-state index contributed by atoms with van der Waals surface area (Å²) in [6.07, 6.45) is 2.04. The summed E-state index contributed by atoms with van der Waals surface area (Å²) in [5.41, 5.74) is 3.31. The summed E-state index contributed by atoms with van der Waals surface area (Å²) in [5.74, 6) is -0.251. The molecule has 9 heteroatoms. The maximum Gasteiger partial charge on any atom is 0.293 e. The van der Waals surface area contributed by atoms with Crippen LogP contribution in [0.25, 0.3) is 6.08 Å². The number of rotatable bonds is 7. The number of methoxy groups -OCH3 is 1. The van der Waals surface area contributed by atoms with Crippen molar-refractivity contribution < 1.29 is 23.9 Å². The van der Waals surface area contributed by atoms with E-state index < -0.39 is 11.9 Å². The molecule has 8 nitrogen and oxygen atoms in total. The molecule has 0 saturated carbocycles. The van der Waals surface area contributed by atoms with Crippen molar-refractivity contribution >= 4 is 40.8 Å². The zero-order valence-corrected chi connectivity index (χ0v) is 22.1. The molecule has 1 atom stereocenters. The van der Waals surface area contributed by atoms with E-state index in [1.807, 2.05) is 30.3 Å². The number of carbonyl (C=O) groups is 4. The summed E-state index contributed by atoms with van der Waals surface area (Å²) in [6.45, 7) is 0.436. The highest BCUT2D eigenvalue weighted by atomic mass is 32.2. The van der Waals surface area contributed by atoms with Crippen molar-refractivity contribution in [2.75, 3.05) is 20.2 Å². The normalized spacial score (nSPS) is 17.8. The number of fused-ring (bicyclic) bond motifs is 1. The van der Waals surface area contributed by atoms with Crippen molar-refractivity contribution in [1.29, 1.82) is 0 Å². The van der Waals surface area contributed by atoms with Gasteiger partial charge in [-0.25, -0.2) is 0 Å². The first-order valence-electron chi connectivity index (χ1n) is 12.5. The van der Waals surface area contributed by atoms with E-state index in [1.165, 1.54) is 0 Å². The summed E-state index contributed by atoms with van der Waals surface area (Å²) >= 11 is 0.869. The molecule has 1 N–H and O–H groups in total. The Balaban J connectivity index is 1.24. The number of amides is 4. The fourth-order valence-corrected chi connectivity index (χ4v) is 5.54. The summed E-state index contributed by atoms with van der Waals surface area (Å²) < 4.78 is 5.15. The van der Waals surface area contributed by atoms with Gasteiger partial charge in [0.05, 0.1) is 12.0 Å². The highest BCUT2D eigenvalue weighted by molar-refractivity contribution is 8.18. The molecule has 0 radical (unpaired) electrons. The second-order valence-corrected chi connectivity index (χ2v) is 10.2. The molecule has 0 spiro atoms. The fourth-order valence-electron chi connectivity index (χ4n) is 4.67. The maximum atomic E-state index is 13.3. The zero-order valence-electron chi connectivity index (χ0n) is 21.3. The summed E-state index contributed by atoms with van der Waals surface area (Å²) in [7, 11) is 1.57. The first-order valence-corrected chi connectivity index (χ1v) is 13.4. The lowest BCUT2D eigenvalue weighted by molar-refractivity contribution is -0.127. The minimum atomic E-state index is -0.711. The largest absolute Gasteiger partial charge is 0.497 e. The minimum absolute atomic E-state index is 0.0340. The Kier molecular flexibility index (Phi) is 7.79. The van der Waals surface area contributed by atoms with Gasteiger partial charge in [-0.2, -0.15) is 0 Å². The molecule has 0 aliphatic carbocycles. The Morgan fingerprint density at radius 2 is 1.67 bits per heavy atom. The summed E-state index contributed by atoms with van der Waals surface area (Å²) in [6, 6.07) is 23.1. The highest BCUT2D eigenvalue weighted by Gasteiger charge is 2.37. The third-order valence-corrected chi connectivity index (χ3v) is 7.66. The van der Waals surface area contributed by atoms with Gasteiger partial charge >= 0.3 is 0 Å². The lowest BCUT2D eigenvalue weighted by atomic mass is 9.92. The Hall–Kier alpha value is -4.37. The van der Waals surface area contributed by atoms with Gasteiger partial charge in [0.1, 0.15) is 11.8 Å². The first kappa shape index (κ1) is 26.2. The lowest BCUT2D eigenvalue weighted by Crippen LogP contribution is -2.53. The molecule has 198 valence electrons. The van der Waals surface area contributed by atoms with Crippen LogP contribution in [0, 0.1) is 0 Å². The average molecular weight is 542 g/mol. The van der Waals surface area contributed by atoms with E-state index in [-0.39, 0.29) is 30.1 Å². The van der Waals surface area contributed by atoms with Crippen molar-refractivity contribution in [3.8, 4) is 5.75 Å². The molecule has 0 aromatic heterocycles. The SMILES string of the molecule is COc1ccc(C=C2SC(=O)N(CCNC(=O)C3Cc4ccccc4CN3C(=O)c3ccccc3)C2=O)cc1. The van der Waals surface area contributed by atoms with Gasteiger partial charge in [-0.15, -0.1) is 0 Å². The molecule has 0 bridgehead atoms. The number of carbonyl (C=O) groups excluding carboxylic acids is 4. The van der Waals surface area contributed by atoms with Crippen LogP contribution in [-0.2, 0) is 22.6 Å². The van der Waals surface area contributed by atoms with E-state index in [1.54, 1.807) is 66.6 Å². The van der Waals surface area contributed by atoms with Gasteiger partial charge in [0.15, 0.2) is 0 Å². The molecule has 2 aliphatic rings. The lowest BCUT2D eigenvalue weighted by Gasteiger charge is -2.36. The molecule has 3 aromatic rings. The van der Waals surface area contributed by atoms with E-state index in [4.69, 9.17) is 4.74 Å². The predicted molar refractivity (Wildman–Crippen MR) is 149 cm³/mol. The topological polar surface area (TPSA) is 96.0 Å². The number of imide groups is 1. The number of hydrogen-bond acceptors (Lipinski definition) is 6. The van der Waals surface area contributed by atoms with Crippen LogP contribution in [0.5, 0.6) is 5.75 Å². The number of hydrogen-bond donors (Lipinski definition) is 1. The van der Waals surface area contributed by atoms with E-state index in [9.17, 15) is 19.2 Å². The third kappa shape index (κ3) is 5.73. The van der Waals surface area contributed by atoms with Crippen LogP contribution < -0.4 is 10.1 Å². The van der Waals surface area contributed by atoms with Crippen molar-refractivity contribution in [2.24, 2.45) is 0 Å². The van der Waals surface area contributed by atoms with Gasteiger partial charge in [0.2, 0.25) is 5.91 Å². The Labute approximate surface area is 230 Å². The number of ether oxygens (including phenoxy) is 1. The van der Waals surface area contributed by atoms with E-state index >= 15 is 0 Å². The molecule has 5 rings (SSSR count). The van der Waals surface area contributed by atoms with E-state index in [2.05, 4.69) is 5.32 Å². The maximum absolute atomic E-state index is 13.3.